The van der Waals surface area contributed by atoms with Crippen LogP contribution in [-0.2, 0) is 13.0 Å². The Morgan fingerprint density at radius 3 is 2.69 bits per heavy atom. The normalized spacial score (nSPS) is 9.92. The van der Waals surface area contributed by atoms with Gasteiger partial charge < -0.3 is 10.3 Å². The molecule has 0 amide bonds. The summed E-state index contributed by atoms with van der Waals surface area (Å²) in [5.74, 6) is 0. The molecule has 3 nitrogen and oxygen atoms in total. The lowest BCUT2D eigenvalue weighted by molar-refractivity contribution is 0.647. The van der Waals surface area contributed by atoms with Crippen molar-refractivity contribution >= 4 is 5.69 Å². The molecule has 0 aliphatic heterocycles. The monoisotopic (exact) mass is 177 g/mol. The fraction of sp³-hybridized carbons (Fsp3) is 0.500. The van der Waals surface area contributed by atoms with Crippen LogP contribution in [0.25, 0.3) is 0 Å². The molecule has 1 heterocycles. The molecule has 0 saturated carbocycles. The number of nitriles is 1. The third-order valence-corrected chi connectivity index (χ3v) is 2.14. The van der Waals surface area contributed by atoms with Gasteiger partial charge in [-0.25, -0.2) is 0 Å². The van der Waals surface area contributed by atoms with Gasteiger partial charge in [-0.2, -0.15) is 5.26 Å². The fourth-order valence-corrected chi connectivity index (χ4v) is 1.58. The smallest absolute Gasteiger partial charge is 0.122 e. The first-order chi connectivity index (χ1) is 6.24. The van der Waals surface area contributed by atoms with Gasteiger partial charge in [-0.15, -0.1) is 0 Å². The van der Waals surface area contributed by atoms with Gasteiger partial charge >= 0.3 is 0 Å². The van der Waals surface area contributed by atoms with E-state index in [0.717, 1.165) is 30.8 Å². The second kappa shape index (κ2) is 3.99. The van der Waals surface area contributed by atoms with Crippen LogP contribution in [0.15, 0.2) is 6.07 Å². The van der Waals surface area contributed by atoms with Crippen LogP contribution >= 0.6 is 0 Å². The van der Waals surface area contributed by atoms with Crippen molar-refractivity contribution in [3.8, 4) is 6.07 Å². The molecule has 0 fully saturated rings. The van der Waals surface area contributed by atoms with Crippen molar-refractivity contribution in [1.82, 2.24) is 4.57 Å². The third kappa shape index (κ3) is 1.67. The van der Waals surface area contributed by atoms with Gasteiger partial charge in [0.2, 0.25) is 0 Å². The zero-order valence-corrected chi connectivity index (χ0v) is 8.17. The van der Waals surface area contributed by atoms with Crippen molar-refractivity contribution in [2.24, 2.45) is 0 Å². The summed E-state index contributed by atoms with van der Waals surface area (Å²) >= 11 is 0. The molecule has 0 aliphatic carbocycles. The molecule has 0 aliphatic rings. The molecular weight excluding hydrogens is 162 g/mol. The molecule has 0 saturated heterocycles. The number of rotatable bonds is 3. The molecule has 13 heavy (non-hydrogen) atoms. The number of nitrogens with two attached hydrogens (primary N) is 1. The Kier molecular flexibility index (Phi) is 2.97. The number of nitrogens with zero attached hydrogens (tertiary/aromatic N) is 2. The van der Waals surface area contributed by atoms with Gasteiger partial charge in [-0.1, -0.05) is 13.8 Å². The van der Waals surface area contributed by atoms with Crippen molar-refractivity contribution < 1.29 is 0 Å². The van der Waals surface area contributed by atoms with E-state index in [1.165, 1.54) is 0 Å². The minimum absolute atomic E-state index is 0.677. The topological polar surface area (TPSA) is 54.7 Å². The lowest BCUT2D eigenvalue weighted by Crippen LogP contribution is -2.05. The highest BCUT2D eigenvalue weighted by molar-refractivity contribution is 5.50. The fourth-order valence-electron chi connectivity index (χ4n) is 1.58. The van der Waals surface area contributed by atoms with E-state index in [0.29, 0.717) is 5.69 Å². The number of hydrogen-bond acceptors (Lipinski definition) is 2. The predicted molar refractivity (Wildman–Crippen MR) is 53.2 cm³/mol. The molecule has 1 aromatic heterocycles. The molecule has 1 aromatic rings. The van der Waals surface area contributed by atoms with Crippen LogP contribution in [0.1, 0.15) is 31.7 Å². The van der Waals surface area contributed by atoms with E-state index < -0.39 is 0 Å². The summed E-state index contributed by atoms with van der Waals surface area (Å²) in [7, 11) is 0. The maximum absolute atomic E-state index is 8.85. The van der Waals surface area contributed by atoms with Crippen molar-refractivity contribution in [2.75, 3.05) is 5.73 Å². The SMILES string of the molecule is CCCn1c(C#N)cc(N)c1CC. The molecule has 0 radical (unpaired) electrons. The van der Waals surface area contributed by atoms with Gasteiger partial charge in [-0.05, 0) is 18.9 Å². The van der Waals surface area contributed by atoms with Crippen molar-refractivity contribution in [3.05, 3.63) is 17.5 Å². The van der Waals surface area contributed by atoms with Crippen molar-refractivity contribution in [1.29, 1.82) is 5.26 Å². The van der Waals surface area contributed by atoms with Crippen LogP contribution in [-0.4, -0.2) is 4.57 Å². The summed E-state index contributed by atoms with van der Waals surface area (Å²) in [5, 5.41) is 8.85. The quantitative estimate of drug-likeness (QED) is 0.766. The van der Waals surface area contributed by atoms with Gasteiger partial charge in [0.15, 0.2) is 0 Å². The second-order valence-corrected chi connectivity index (χ2v) is 3.05. The van der Waals surface area contributed by atoms with Crippen molar-refractivity contribution in [2.45, 2.75) is 33.2 Å². The van der Waals surface area contributed by atoms with Crippen LogP contribution in [0.3, 0.4) is 0 Å². The van der Waals surface area contributed by atoms with E-state index in [9.17, 15) is 0 Å². The predicted octanol–water partition coefficient (Wildman–Crippen LogP) is 1.91. The summed E-state index contributed by atoms with van der Waals surface area (Å²) in [4.78, 5) is 0. The average molecular weight is 177 g/mol. The van der Waals surface area contributed by atoms with E-state index in [1.54, 1.807) is 6.07 Å². The number of nitrogen functional groups attached to an aromatic ring is 1. The first kappa shape index (κ1) is 9.66. The van der Waals surface area contributed by atoms with E-state index in [-0.39, 0.29) is 0 Å². The molecule has 70 valence electrons. The molecule has 0 unspecified atom stereocenters. The highest BCUT2D eigenvalue weighted by Crippen LogP contribution is 2.18. The zero-order chi connectivity index (χ0) is 9.84. The summed E-state index contributed by atoms with van der Waals surface area (Å²) < 4.78 is 2.01. The second-order valence-electron chi connectivity index (χ2n) is 3.05. The zero-order valence-electron chi connectivity index (χ0n) is 8.17. The number of aromatic nitrogens is 1. The molecule has 1 rings (SSSR count). The van der Waals surface area contributed by atoms with E-state index >= 15 is 0 Å². The summed E-state index contributed by atoms with van der Waals surface area (Å²) in [6, 6.07) is 3.92. The minimum atomic E-state index is 0.677. The lowest BCUT2D eigenvalue weighted by Gasteiger charge is -2.07. The molecule has 0 atom stereocenters. The Bertz CT molecular complexity index is 331. The Hall–Kier alpha value is -1.43. The Morgan fingerprint density at radius 1 is 1.54 bits per heavy atom. The van der Waals surface area contributed by atoms with Crippen LogP contribution in [0, 0.1) is 11.3 Å². The van der Waals surface area contributed by atoms with Crippen molar-refractivity contribution in [3.63, 3.8) is 0 Å². The van der Waals surface area contributed by atoms with Crippen LogP contribution in [0.2, 0.25) is 0 Å². The largest absolute Gasteiger partial charge is 0.397 e. The first-order valence-corrected chi connectivity index (χ1v) is 4.62. The highest BCUT2D eigenvalue weighted by atomic mass is 15.0. The van der Waals surface area contributed by atoms with Gasteiger partial charge in [0, 0.05) is 12.2 Å². The highest BCUT2D eigenvalue weighted by Gasteiger charge is 2.09. The molecular formula is C10H15N3. The third-order valence-electron chi connectivity index (χ3n) is 2.14. The van der Waals surface area contributed by atoms with Gasteiger partial charge in [0.25, 0.3) is 0 Å². The van der Waals surface area contributed by atoms with E-state index in [4.69, 9.17) is 11.0 Å². The molecule has 0 spiro atoms. The summed E-state index contributed by atoms with van der Waals surface area (Å²) in [6.07, 6.45) is 1.91. The Balaban J connectivity index is 3.17. The average Bonchev–Trinajstić information content (AvgIpc) is 2.43. The Morgan fingerprint density at radius 2 is 2.23 bits per heavy atom. The Labute approximate surface area is 78.8 Å². The maximum atomic E-state index is 8.85. The van der Waals surface area contributed by atoms with Gasteiger partial charge in [0.05, 0.1) is 5.69 Å². The summed E-state index contributed by atoms with van der Waals surface area (Å²) in [6.45, 7) is 5.03. The van der Waals surface area contributed by atoms with E-state index in [2.05, 4.69) is 19.9 Å². The maximum Gasteiger partial charge on any atom is 0.122 e. The van der Waals surface area contributed by atoms with Gasteiger partial charge in [0.1, 0.15) is 11.8 Å². The minimum Gasteiger partial charge on any atom is -0.397 e. The van der Waals surface area contributed by atoms with Crippen LogP contribution in [0.5, 0.6) is 0 Å². The molecule has 0 aromatic carbocycles. The first-order valence-electron chi connectivity index (χ1n) is 4.62. The van der Waals surface area contributed by atoms with Crippen LogP contribution < -0.4 is 5.73 Å². The summed E-state index contributed by atoms with van der Waals surface area (Å²) in [5.41, 5.74) is 8.29. The van der Waals surface area contributed by atoms with E-state index in [1.807, 2.05) is 4.57 Å². The molecule has 3 heteroatoms. The number of anilines is 1. The molecule has 2 N–H and O–H groups in total. The number of hydrogen-bond donors (Lipinski definition) is 1. The standard InChI is InChI=1S/C10H15N3/c1-3-5-13-8(7-11)6-9(12)10(13)4-2/h6H,3-5,12H2,1-2H3. The van der Waals surface area contributed by atoms with Gasteiger partial charge in [-0.3, -0.25) is 0 Å². The lowest BCUT2D eigenvalue weighted by atomic mass is 10.3. The van der Waals surface area contributed by atoms with Crippen LogP contribution in [0.4, 0.5) is 5.69 Å². The molecule has 0 bridgehead atoms.